The van der Waals surface area contributed by atoms with Gasteiger partial charge >= 0.3 is 37.7 Å². The fraction of sp³-hybridized carbons (Fsp3) is 0.111. The maximum absolute atomic E-state index is 5.42. The van der Waals surface area contributed by atoms with Crippen LogP contribution in [0.15, 0.2) is 35.0 Å². The van der Waals surface area contributed by atoms with Crippen LogP contribution in [-0.2, 0) is 0 Å². The third-order valence-corrected chi connectivity index (χ3v) is 7.83. The smallest absolute Gasteiger partial charge is 0.496 e. The molecule has 0 aliphatic carbocycles. The van der Waals surface area contributed by atoms with Gasteiger partial charge in [-0.05, 0) is 22.9 Å². The van der Waals surface area contributed by atoms with Crippen molar-refractivity contribution in [3.05, 3.63) is 47.2 Å². The summed E-state index contributed by atoms with van der Waals surface area (Å²) in [6.07, 6.45) is 0. The summed E-state index contributed by atoms with van der Waals surface area (Å²) in [5.74, 6) is 1.84. The van der Waals surface area contributed by atoms with Crippen molar-refractivity contribution in [1.29, 1.82) is 0 Å². The van der Waals surface area contributed by atoms with Crippen molar-refractivity contribution in [2.45, 2.75) is 0 Å². The summed E-state index contributed by atoms with van der Waals surface area (Å²) >= 11 is 6.82. The average molecular weight is 402 g/mol. The second-order valence-corrected chi connectivity index (χ2v) is 8.74. The monoisotopic (exact) mass is 402 g/mol. The first-order valence-corrected chi connectivity index (χ1v) is 10.5. The summed E-state index contributed by atoms with van der Waals surface area (Å²) in [4.78, 5) is 6.87. The Bertz CT molecular complexity index is 889. The summed E-state index contributed by atoms with van der Waals surface area (Å²) in [6.45, 7) is 0. The van der Waals surface area contributed by atoms with Crippen molar-refractivity contribution in [2.24, 2.45) is 0 Å². The SMILES string of the molecule is COc1ccsc1-c1c[c-]c(-c2[c-]cc(-c3sccc3OC)s2)s1.[Li+].[Li+]. The quantitative estimate of drug-likeness (QED) is 0.359. The van der Waals surface area contributed by atoms with Gasteiger partial charge in [0.15, 0.2) is 0 Å². The number of ether oxygens (including phenoxy) is 2. The van der Waals surface area contributed by atoms with Gasteiger partial charge < -0.3 is 9.47 Å². The fourth-order valence-electron chi connectivity index (χ4n) is 2.32. The van der Waals surface area contributed by atoms with Gasteiger partial charge in [-0.25, -0.2) is 12.1 Å². The van der Waals surface area contributed by atoms with Gasteiger partial charge in [-0.3, -0.25) is 22.7 Å². The summed E-state index contributed by atoms with van der Waals surface area (Å²) < 4.78 is 10.8. The molecule has 0 saturated carbocycles. The fourth-order valence-corrected chi connectivity index (χ4v) is 6.25. The van der Waals surface area contributed by atoms with Crippen LogP contribution in [0, 0.1) is 12.1 Å². The largest absolute Gasteiger partial charge is 1.00 e. The minimum Gasteiger partial charge on any atom is -0.496 e. The number of hydrogen-bond acceptors (Lipinski definition) is 6. The molecule has 0 aromatic carbocycles. The molecule has 0 amide bonds. The molecule has 0 unspecified atom stereocenters. The molecule has 0 N–H and O–H groups in total. The van der Waals surface area contributed by atoms with Gasteiger partial charge in [-0.2, -0.15) is 44.6 Å². The topological polar surface area (TPSA) is 18.5 Å². The first kappa shape index (κ1) is 21.9. The molecular weight excluding hydrogens is 390 g/mol. The molecule has 2 nitrogen and oxygen atoms in total. The maximum Gasteiger partial charge on any atom is 1.00 e. The molecular formula is C18H12Li2O2S4. The molecule has 0 saturated heterocycles. The van der Waals surface area contributed by atoms with Crippen LogP contribution in [0.5, 0.6) is 11.5 Å². The second-order valence-electron chi connectivity index (χ2n) is 4.80. The van der Waals surface area contributed by atoms with Crippen LogP contribution in [-0.4, -0.2) is 14.2 Å². The van der Waals surface area contributed by atoms with E-state index in [-0.39, 0.29) is 37.7 Å². The summed E-state index contributed by atoms with van der Waals surface area (Å²) in [7, 11) is 3.41. The van der Waals surface area contributed by atoms with Crippen molar-refractivity contribution in [3.63, 3.8) is 0 Å². The third-order valence-electron chi connectivity index (χ3n) is 3.44. The molecule has 0 spiro atoms. The predicted octanol–water partition coefficient (Wildman–Crippen LogP) is 0.559. The van der Waals surface area contributed by atoms with E-state index in [1.807, 2.05) is 35.0 Å². The van der Waals surface area contributed by atoms with E-state index < -0.39 is 0 Å². The van der Waals surface area contributed by atoms with Crippen LogP contribution in [0.2, 0.25) is 0 Å². The normalized spacial score (nSPS) is 10.1. The molecule has 4 aromatic heterocycles. The Kier molecular flexibility index (Phi) is 8.16. The number of thiophene rings is 4. The van der Waals surface area contributed by atoms with Crippen LogP contribution in [0.1, 0.15) is 0 Å². The van der Waals surface area contributed by atoms with Crippen LogP contribution >= 0.6 is 45.3 Å². The molecule has 0 aliphatic rings. The second kappa shape index (κ2) is 9.69. The first-order valence-electron chi connectivity index (χ1n) is 7.07. The summed E-state index contributed by atoms with van der Waals surface area (Å²) in [5, 5.41) is 4.10. The van der Waals surface area contributed by atoms with E-state index in [4.69, 9.17) is 9.47 Å². The third kappa shape index (κ3) is 4.19. The Morgan fingerprint density at radius 3 is 1.54 bits per heavy atom. The van der Waals surface area contributed by atoms with E-state index in [2.05, 4.69) is 12.1 Å². The standard InChI is InChI=1S/C18H12O2S4.2Li/c1-19-11-7-9-21-17(11)15-5-3-13(23-15)14-4-6-16(24-14)18-12(20-2)8-10-22-18;;/h5-10H,1-2H3;;/q-2;2*+1. The van der Waals surface area contributed by atoms with Gasteiger partial charge in [0.1, 0.15) is 11.5 Å². The molecule has 0 radical (unpaired) electrons. The Morgan fingerprint density at radius 2 is 1.15 bits per heavy atom. The molecule has 0 atom stereocenters. The van der Waals surface area contributed by atoms with Gasteiger partial charge in [-0.15, -0.1) is 0 Å². The molecule has 0 fully saturated rings. The summed E-state index contributed by atoms with van der Waals surface area (Å²) in [6, 6.07) is 14.8. The van der Waals surface area contributed by atoms with E-state index in [0.717, 1.165) is 31.0 Å². The van der Waals surface area contributed by atoms with Gasteiger partial charge in [0, 0.05) is 9.75 Å². The van der Waals surface area contributed by atoms with Gasteiger partial charge in [0.2, 0.25) is 0 Å². The van der Waals surface area contributed by atoms with Crippen LogP contribution in [0.4, 0.5) is 0 Å². The molecule has 0 bridgehead atoms. The zero-order valence-corrected chi connectivity index (χ0v) is 18.2. The van der Waals surface area contributed by atoms with Crippen molar-refractivity contribution >= 4 is 45.3 Å². The summed E-state index contributed by atoms with van der Waals surface area (Å²) in [5.41, 5.74) is 0. The Labute approximate surface area is 193 Å². The van der Waals surface area contributed by atoms with Gasteiger partial charge in [-0.1, -0.05) is 9.75 Å². The zero-order chi connectivity index (χ0) is 16.5. The first-order chi connectivity index (χ1) is 11.8. The van der Waals surface area contributed by atoms with Crippen molar-refractivity contribution in [3.8, 4) is 40.8 Å². The van der Waals surface area contributed by atoms with Crippen LogP contribution in [0.3, 0.4) is 0 Å². The van der Waals surface area contributed by atoms with Crippen LogP contribution in [0.25, 0.3) is 29.3 Å². The minimum absolute atomic E-state index is 0. The Morgan fingerprint density at radius 1 is 0.731 bits per heavy atom. The molecule has 8 heteroatoms. The van der Waals surface area contributed by atoms with E-state index in [9.17, 15) is 0 Å². The van der Waals surface area contributed by atoms with E-state index in [1.165, 1.54) is 9.75 Å². The molecule has 0 aliphatic heterocycles. The zero-order valence-electron chi connectivity index (χ0n) is 14.9. The van der Waals surface area contributed by atoms with E-state index >= 15 is 0 Å². The maximum atomic E-state index is 5.42. The molecule has 4 rings (SSSR count). The number of rotatable bonds is 5. The van der Waals surface area contributed by atoms with E-state index in [0.29, 0.717) is 0 Å². The predicted molar refractivity (Wildman–Crippen MR) is 105 cm³/mol. The molecule has 26 heavy (non-hydrogen) atoms. The molecule has 4 aromatic rings. The minimum atomic E-state index is 0. The van der Waals surface area contributed by atoms with Crippen molar-refractivity contribution in [2.75, 3.05) is 14.2 Å². The molecule has 4 heterocycles. The Balaban J connectivity index is 0.00000121. The average Bonchev–Trinajstić information content (AvgIpc) is 3.40. The van der Waals surface area contributed by atoms with Crippen LogP contribution < -0.4 is 47.2 Å². The number of methoxy groups -OCH3 is 2. The van der Waals surface area contributed by atoms with E-state index in [1.54, 1.807) is 59.6 Å². The Hall–Kier alpha value is -0.405. The van der Waals surface area contributed by atoms with Crippen molar-refractivity contribution in [1.82, 2.24) is 0 Å². The number of hydrogen-bond donors (Lipinski definition) is 0. The molecule has 122 valence electrons. The van der Waals surface area contributed by atoms with Crippen molar-refractivity contribution < 1.29 is 47.2 Å². The van der Waals surface area contributed by atoms with Gasteiger partial charge in [0.25, 0.3) is 0 Å². The van der Waals surface area contributed by atoms with Gasteiger partial charge in [0.05, 0.1) is 14.2 Å².